The molecule has 0 unspecified atom stereocenters. The second kappa shape index (κ2) is 7.46. The van der Waals surface area contributed by atoms with Gasteiger partial charge >= 0.3 is 5.97 Å². The molecule has 6 atom stereocenters. The van der Waals surface area contributed by atoms with E-state index < -0.39 is 0 Å². The molecule has 3 heteroatoms. The lowest BCUT2D eigenvalue weighted by Crippen LogP contribution is -2.50. The van der Waals surface area contributed by atoms with E-state index in [0.717, 1.165) is 56.1 Å². The fourth-order valence-corrected chi connectivity index (χ4v) is 7.51. The molecule has 0 aliphatic heterocycles. The topological polar surface area (TPSA) is 43.4 Å². The number of fused-ring (bicyclic) bond motifs is 5. The van der Waals surface area contributed by atoms with Crippen molar-refractivity contribution < 1.29 is 14.3 Å². The number of benzene rings is 1. The van der Waals surface area contributed by atoms with E-state index in [9.17, 15) is 9.59 Å². The molecule has 5 rings (SSSR count). The lowest BCUT2D eigenvalue weighted by Gasteiger charge is -2.56. The first-order chi connectivity index (χ1) is 14.8. The van der Waals surface area contributed by atoms with Gasteiger partial charge in [0.15, 0.2) is 5.78 Å². The summed E-state index contributed by atoms with van der Waals surface area (Å²) in [6.45, 7) is 6.19. The van der Waals surface area contributed by atoms with Crippen molar-refractivity contribution in [3.63, 3.8) is 0 Å². The second-order valence-corrected chi connectivity index (χ2v) is 10.8. The van der Waals surface area contributed by atoms with Crippen LogP contribution in [-0.2, 0) is 14.3 Å². The number of Topliss-reactive ketones (excluding diaryl/α,β-unsaturated/α-hetero) is 1. The first-order valence-electron chi connectivity index (χ1n) is 12.0. The molecular formula is C28H34O3. The summed E-state index contributed by atoms with van der Waals surface area (Å²) in [6.07, 6.45) is 11.7. The molecule has 1 aromatic carbocycles. The van der Waals surface area contributed by atoms with Gasteiger partial charge in [-0.25, -0.2) is 0 Å². The van der Waals surface area contributed by atoms with Crippen LogP contribution in [0.2, 0.25) is 0 Å². The van der Waals surface area contributed by atoms with Crippen LogP contribution in [-0.4, -0.2) is 17.9 Å². The van der Waals surface area contributed by atoms with Gasteiger partial charge in [0, 0.05) is 18.8 Å². The Hall–Kier alpha value is -2.16. The SMILES string of the molecule is CC(=O)O[C@@H]1CC[C@@]2(C)C(=CC[C@H]3[C@H]2CC[C@]2(C)C(=O)/C(=C/c4ccccc4)C[C@@H]32)C1. The second-order valence-electron chi connectivity index (χ2n) is 10.8. The average Bonchev–Trinajstić information content (AvgIpc) is 2.99. The largest absolute Gasteiger partial charge is 0.462 e. The van der Waals surface area contributed by atoms with E-state index in [2.05, 4.69) is 38.1 Å². The molecule has 0 N–H and O–H groups in total. The molecular weight excluding hydrogens is 384 g/mol. The van der Waals surface area contributed by atoms with Crippen molar-refractivity contribution in [2.24, 2.45) is 28.6 Å². The van der Waals surface area contributed by atoms with Crippen molar-refractivity contribution in [2.45, 2.75) is 71.8 Å². The molecule has 4 aliphatic rings. The quantitative estimate of drug-likeness (QED) is 0.329. The molecule has 0 bridgehead atoms. The molecule has 0 heterocycles. The van der Waals surface area contributed by atoms with Crippen LogP contribution in [0, 0.1) is 28.6 Å². The van der Waals surface area contributed by atoms with Crippen LogP contribution in [0.15, 0.2) is 47.6 Å². The molecule has 1 aromatic rings. The highest BCUT2D eigenvalue weighted by Crippen LogP contribution is 2.64. The minimum atomic E-state index is -0.210. The minimum absolute atomic E-state index is 0.0377. The third-order valence-electron chi connectivity index (χ3n) is 9.17. The van der Waals surface area contributed by atoms with Gasteiger partial charge in [-0.3, -0.25) is 9.59 Å². The predicted molar refractivity (Wildman–Crippen MR) is 122 cm³/mol. The Labute approximate surface area is 185 Å². The molecule has 4 aliphatic carbocycles. The monoisotopic (exact) mass is 418 g/mol. The number of hydrogen-bond donors (Lipinski definition) is 0. The fourth-order valence-electron chi connectivity index (χ4n) is 7.51. The van der Waals surface area contributed by atoms with Gasteiger partial charge < -0.3 is 4.74 Å². The van der Waals surface area contributed by atoms with Gasteiger partial charge in [0.05, 0.1) is 0 Å². The third-order valence-corrected chi connectivity index (χ3v) is 9.17. The standard InChI is InChI=1S/C28H34O3/c1-18(29)31-22-11-13-27(2)21(17-22)9-10-23-24(27)12-14-28(3)25(23)16-20(26(28)30)15-19-7-5-4-6-8-19/h4-9,15,22-25H,10-14,16-17H2,1-3H3/b20-15+/t22-,23+,24-,25+,27+,28+/m1/s1. The summed E-state index contributed by atoms with van der Waals surface area (Å²) < 4.78 is 5.56. The van der Waals surface area contributed by atoms with Crippen molar-refractivity contribution in [1.29, 1.82) is 0 Å². The molecule has 0 amide bonds. The fraction of sp³-hybridized carbons (Fsp3) is 0.571. The normalized spacial score (nSPS) is 40.5. The van der Waals surface area contributed by atoms with Gasteiger partial charge in [-0.2, -0.15) is 0 Å². The van der Waals surface area contributed by atoms with Gasteiger partial charge in [-0.1, -0.05) is 55.8 Å². The Morgan fingerprint density at radius 1 is 1.03 bits per heavy atom. The van der Waals surface area contributed by atoms with E-state index in [4.69, 9.17) is 4.74 Å². The van der Waals surface area contributed by atoms with Crippen molar-refractivity contribution in [2.75, 3.05) is 0 Å². The number of carbonyl (C=O) groups is 2. The van der Waals surface area contributed by atoms with E-state index in [-0.39, 0.29) is 22.9 Å². The van der Waals surface area contributed by atoms with E-state index in [0.29, 0.717) is 23.5 Å². The average molecular weight is 419 g/mol. The third kappa shape index (κ3) is 3.32. The maximum atomic E-state index is 13.5. The zero-order valence-corrected chi connectivity index (χ0v) is 19.0. The number of carbonyl (C=O) groups excluding carboxylic acids is 2. The number of ether oxygens (including phenoxy) is 1. The molecule has 164 valence electrons. The highest BCUT2D eigenvalue weighted by Gasteiger charge is 2.59. The Bertz CT molecular complexity index is 958. The lowest BCUT2D eigenvalue weighted by atomic mass is 9.48. The van der Waals surface area contributed by atoms with Gasteiger partial charge in [0.1, 0.15) is 6.10 Å². The van der Waals surface area contributed by atoms with Crippen LogP contribution in [0.4, 0.5) is 0 Å². The molecule has 0 radical (unpaired) electrons. The number of rotatable bonds is 2. The van der Waals surface area contributed by atoms with Crippen molar-refractivity contribution in [1.82, 2.24) is 0 Å². The first-order valence-corrected chi connectivity index (χ1v) is 12.0. The predicted octanol–water partition coefficient (Wildman–Crippen LogP) is 6.14. The number of ketones is 1. The van der Waals surface area contributed by atoms with E-state index in [1.165, 1.54) is 12.5 Å². The molecule has 0 aromatic heterocycles. The molecule has 0 spiro atoms. The number of allylic oxidation sites excluding steroid dienone is 2. The maximum absolute atomic E-state index is 13.5. The molecule has 3 fully saturated rings. The van der Waals surface area contributed by atoms with Gasteiger partial charge in [0.25, 0.3) is 0 Å². The summed E-state index contributed by atoms with van der Waals surface area (Å²) in [5.41, 5.74) is 3.64. The highest BCUT2D eigenvalue weighted by atomic mass is 16.5. The molecule has 31 heavy (non-hydrogen) atoms. The van der Waals surface area contributed by atoms with Crippen LogP contribution in [0.25, 0.3) is 6.08 Å². The summed E-state index contributed by atoms with van der Waals surface area (Å²) in [5.74, 6) is 1.86. The molecule has 0 saturated heterocycles. The first kappa shape index (κ1) is 20.7. The Balaban J connectivity index is 1.42. The summed E-state index contributed by atoms with van der Waals surface area (Å²) in [4.78, 5) is 25.0. The van der Waals surface area contributed by atoms with Crippen LogP contribution in [0.3, 0.4) is 0 Å². The molecule has 3 nitrogen and oxygen atoms in total. The number of hydrogen-bond acceptors (Lipinski definition) is 3. The van der Waals surface area contributed by atoms with Crippen molar-refractivity contribution in [3.8, 4) is 0 Å². The van der Waals surface area contributed by atoms with Crippen molar-refractivity contribution in [3.05, 3.63) is 53.1 Å². The lowest BCUT2D eigenvalue weighted by molar-refractivity contribution is -0.148. The van der Waals surface area contributed by atoms with Gasteiger partial charge in [-0.05, 0) is 78.9 Å². The van der Waals surface area contributed by atoms with Crippen LogP contribution >= 0.6 is 0 Å². The van der Waals surface area contributed by atoms with E-state index in [1.54, 1.807) is 0 Å². The Kier molecular flexibility index (Phi) is 4.99. The van der Waals surface area contributed by atoms with Crippen LogP contribution in [0.1, 0.15) is 71.3 Å². The van der Waals surface area contributed by atoms with E-state index >= 15 is 0 Å². The Morgan fingerprint density at radius 2 is 1.77 bits per heavy atom. The minimum Gasteiger partial charge on any atom is -0.462 e. The van der Waals surface area contributed by atoms with Gasteiger partial charge in [-0.15, -0.1) is 0 Å². The summed E-state index contributed by atoms with van der Waals surface area (Å²) in [7, 11) is 0. The highest BCUT2D eigenvalue weighted by molar-refractivity contribution is 6.05. The van der Waals surface area contributed by atoms with Gasteiger partial charge in [0.2, 0.25) is 0 Å². The summed E-state index contributed by atoms with van der Waals surface area (Å²) in [5, 5.41) is 0. The van der Waals surface area contributed by atoms with Crippen molar-refractivity contribution >= 4 is 17.8 Å². The number of esters is 1. The zero-order valence-electron chi connectivity index (χ0n) is 19.0. The van der Waals surface area contributed by atoms with E-state index in [1.807, 2.05) is 18.2 Å². The summed E-state index contributed by atoms with van der Waals surface area (Å²) >= 11 is 0. The van der Waals surface area contributed by atoms with Crippen LogP contribution in [0.5, 0.6) is 0 Å². The molecule has 3 saturated carbocycles. The Morgan fingerprint density at radius 3 is 2.52 bits per heavy atom. The summed E-state index contributed by atoms with van der Waals surface area (Å²) in [6, 6.07) is 10.3. The zero-order chi connectivity index (χ0) is 21.8. The smallest absolute Gasteiger partial charge is 0.302 e. The maximum Gasteiger partial charge on any atom is 0.302 e. The van der Waals surface area contributed by atoms with Crippen LogP contribution < -0.4 is 0 Å².